The van der Waals surface area contributed by atoms with E-state index in [1.807, 2.05) is 0 Å². The van der Waals surface area contributed by atoms with Gasteiger partial charge < -0.3 is 4.74 Å². The summed E-state index contributed by atoms with van der Waals surface area (Å²) in [5, 5.41) is -0.184. The van der Waals surface area contributed by atoms with E-state index in [4.69, 9.17) is 11.6 Å². The third-order valence-electron chi connectivity index (χ3n) is 2.15. The van der Waals surface area contributed by atoms with Crippen molar-refractivity contribution in [2.24, 2.45) is 0 Å². The second-order valence-electron chi connectivity index (χ2n) is 4.16. The summed E-state index contributed by atoms with van der Waals surface area (Å²) in [6.45, 7) is 2.77. The van der Waals surface area contributed by atoms with Crippen LogP contribution in [0.25, 0.3) is 0 Å². The molecule has 0 fully saturated rings. The molecule has 0 aliphatic heterocycles. The molecule has 1 aromatic heterocycles. The number of sulfonamides is 1. The van der Waals surface area contributed by atoms with Gasteiger partial charge in [-0.1, -0.05) is 11.6 Å². The van der Waals surface area contributed by atoms with Crippen LogP contribution in [0, 0.1) is 0 Å². The molecule has 0 saturated carbocycles. The Hall–Kier alpha value is -0.700. The van der Waals surface area contributed by atoms with Crippen LogP contribution in [-0.4, -0.2) is 32.0 Å². The summed E-state index contributed by atoms with van der Waals surface area (Å²) in [7, 11) is -2.83. The van der Waals surface area contributed by atoms with E-state index in [1.54, 1.807) is 0 Å². The SMILES string of the molecule is COC(=O)C(C)(C)NS(=O)(=O)c1cc(Br)cnc1Cl. The molecule has 0 aliphatic carbocycles. The number of carbonyl (C=O) groups excluding carboxylic acids is 1. The third kappa shape index (κ3) is 3.88. The Morgan fingerprint density at radius 2 is 2.11 bits per heavy atom. The van der Waals surface area contributed by atoms with E-state index in [9.17, 15) is 13.2 Å². The minimum Gasteiger partial charge on any atom is -0.468 e. The van der Waals surface area contributed by atoms with Crippen molar-refractivity contribution in [2.45, 2.75) is 24.3 Å². The molecule has 0 aromatic carbocycles. The second kappa shape index (κ2) is 5.74. The normalized spacial score (nSPS) is 12.3. The van der Waals surface area contributed by atoms with Crippen LogP contribution in [0.3, 0.4) is 0 Å². The third-order valence-corrected chi connectivity index (χ3v) is 4.66. The summed E-state index contributed by atoms with van der Waals surface area (Å²) < 4.78 is 31.6. The summed E-state index contributed by atoms with van der Waals surface area (Å²) in [5.74, 6) is -0.713. The summed E-state index contributed by atoms with van der Waals surface area (Å²) >= 11 is 8.86. The van der Waals surface area contributed by atoms with Gasteiger partial charge >= 0.3 is 5.97 Å². The van der Waals surface area contributed by atoms with Gasteiger partial charge in [-0.15, -0.1) is 0 Å². The first kappa shape index (κ1) is 16.4. The number of halogens is 2. The first-order chi connectivity index (χ1) is 8.60. The Morgan fingerprint density at radius 3 is 2.63 bits per heavy atom. The molecule has 1 aromatic rings. The lowest BCUT2D eigenvalue weighted by molar-refractivity contribution is -0.146. The zero-order valence-corrected chi connectivity index (χ0v) is 13.6. The van der Waals surface area contributed by atoms with Gasteiger partial charge in [-0.05, 0) is 35.8 Å². The zero-order chi connectivity index (χ0) is 14.8. The minimum absolute atomic E-state index is 0.184. The molecule has 0 atom stereocenters. The van der Waals surface area contributed by atoms with Crippen LogP contribution >= 0.6 is 27.5 Å². The van der Waals surface area contributed by atoms with Crippen LogP contribution in [0.1, 0.15) is 13.8 Å². The molecule has 0 amide bonds. The number of nitrogens with zero attached hydrogens (tertiary/aromatic N) is 1. The monoisotopic (exact) mass is 370 g/mol. The van der Waals surface area contributed by atoms with E-state index in [0.717, 1.165) is 0 Å². The fourth-order valence-electron chi connectivity index (χ4n) is 1.28. The zero-order valence-electron chi connectivity index (χ0n) is 10.4. The maximum Gasteiger partial charge on any atom is 0.326 e. The fourth-order valence-corrected chi connectivity index (χ4v) is 3.59. The molecule has 19 heavy (non-hydrogen) atoms. The number of hydrogen-bond donors (Lipinski definition) is 1. The van der Waals surface area contributed by atoms with Crippen molar-refractivity contribution in [1.82, 2.24) is 9.71 Å². The number of aromatic nitrogens is 1. The van der Waals surface area contributed by atoms with Gasteiger partial charge in [-0.25, -0.2) is 13.4 Å². The number of methoxy groups -OCH3 is 1. The van der Waals surface area contributed by atoms with Crippen molar-refractivity contribution in [3.8, 4) is 0 Å². The summed E-state index contributed by atoms with van der Waals surface area (Å²) in [5.41, 5.74) is -1.42. The number of esters is 1. The Morgan fingerprint density at radius 1 is 1.53 bits per heavy atom. The van der Waals surface area contributed by atoms with Crippen molar-refractivity contribution in [3.63, 3.8) is 0 Å². The van der Waals surface area contributed by atoms with Crippen molar-refractivity contribution in [2.75, 3.05) is 7.11 Å². The molecule has 0 unspecified atom stereocenters. The molecule has 9 heteroatoms. The van der Waals surface area contributed by atoms with Crippen molar-refractivity contribution < 1.29 is 17.9 Å². The maximum absolute atomic E-state index is 12.2. The number of pyridine rings is 1. The van der Waals surface area contributed by atoms with Gasteiger partial charge in [0, 0.05) is 10.7 Å². The molecule has 0 spiro atoms. The highest BCUT2D eigenvalue weighted by Crippen LogP contribution is 2.24. The Bertz CT molecular complexity index is 604. The van der Waals surface area contributed by atoms with E-state index in [1.165, 1.54) is 33.2 Å². The molecular formula is C10H12BrClN2O4S. The standard InChI is InChI=1S/C10H12BrClN2O4S/c1-10(2,9(15)18-3)14-19(16,17)7-4-6(11)5-13-8(7)12/h4-5,14H,1-3H3. The highest BCUT2D eigenvalue weighted by molar-refractivity contribution is 9.10. The molecule has 0 saturated heterocycles. The Kier molecular flexibility index (Phi) is 4.94. The lowest BCUT2D eigenvalue weighted by atomic mass is 10.1. The van der Waals surface area contributed by atoms with Crippen molar-refractivity contribution in [1.29, 1.82) is 0 Å². The smallest absolute Gasteiger partial charge is 0.326 e. The van der Waals surface area contributed by atoms with E-state index in [0.29, 0.717) is 4.47 Å². The molecule has 0 bridgehead atoms. The fraction of sp³-hybridized carbons (Fsp3) is 0.400. The molecule has 6 nitrogen and oxygen atoms in total. The summed E-state index contributed by atoms with van der Waals surface area (Å²) in [6, 6.07) is 1.30. The number of carbonyl (C=O) groups is 1. The predicted molar refractivity (Wildman–Crippen MR) is 73.4 cm³/mol. The molecule has 1 N–H and O–H groups in total. The van der Waals surface area contributed by atoms with E-state index in [-0.39, 0.29) is 10.0 Å². The number of hydrogen-bond acceptors (Lipinski definition) is 5. The van der Waals surface area contributed by atoms with Gasteiger partial charge in [-0.2, -0.15) is 4.72 Å². The molecule has 106 valence electrons. The molecule has 1 rings (SSSR count). The van der Waals surface area contributed by atoms with E-state index >= 15 is 0 Å². The lowest BCUT2D eigenvalue weighted by Crippen LogP contribution is -2.50. The van der Waals surface area contributed by atoms with E-state index in [2.05, 4.69) is 30.4 Å². The number of ether oxygens (including phenoxy) is 1. The molecule has 0 aliphatic rings. The lowest BCUT2D eigenvalue weighted by Gasteiger charge is -2.23. The van der Waals surface area contributed by atoms with Gasteiger partial charge in [0.1, 0.15) is 15.6 Å². The Balaban J connectivity index is 3.19. The van der Waals surface area contributed by atoms with Gasteiger partial charge in [0.2, 0.25) is 10.0 Å². The quantitative estimate of drug-likeness (QED) is 0.643. The average Bonchev–Trinajstić information content (AvgIpc) is 2.29. The van der Waals surface area contributed by atoms with E-state index < -0.39 is 21.5 Å². The predicted octanol–water partition coefficient (Wildman–Crippen LogP) is 1.73. The summed E-state index contributed by atoms with van der Waals surface area (Å²) in [6.07, 6.45) is 1.37. The van der Waals surface area contributed by atoms with Crippen LogP contribution in [0.4, 0.5) is 0 Å². The van der Waals surface area contributed by atoms with Crippen LogP contribution in [0.5, 0.6) is 0 Å². The number of nitrogens with one attached hydrogen (secondary N) is 1. The van der Waals surface area contributed by atoms with Crippen molar-refractivity contribution in [3.05, 3.63) is 21.9 Å². The topological polar surface area (TPSA) is 85.4 Å². The van der Waals surface area contributed by atoms with Gasteiger partial charge in [0.05, 0.1) is 7.11 Å². The van der Waals surface area contributed by atoms with Gasteiger partial charge in [0.25, 0.3) is 0 Å². The van der Waals surface area contributed by atoms with Gasteiger partial charge in [-0.3, -0.25) is 4.79 Å². The minimum atomic E-state index is -4.00. The van der Waals surface area contributed by atoms with Crippen LogP contribution < -0.4 is 4.72 Å². The highest BCUT2D eigenvalue weighted by atomic mass is 79.9. The summed E-state index contributed by atoms with van der Waals surface area (Å²) in [4.78, 5) is 15.0. The molecule has 0 radical (unpaired) electrons. The molecular weight excluding hydrogens is 360 g/mol. The van der Waals surface area contributed by atoms with Crippen LogP contribution in [0.2, 0.25) is 5.15 Å². The maximum atomic E-state index is 12.2. The largest absolute Gasteiger partial charge is 0.468 e. The van der Waals surface area contributed by atoms with Crippen LogP contribution in [-0.2, 0) is 19.6 Å². The first-order valence-corrected chi connectivity index (χ1v) is 7.69. The average molecular weight is 372 g/mol. The first-order valence-electron chi connectivity index (χ1n) is 5.03. The number of rotatable bonds is 4. The Labute approximate surface area is 124 Å². The molecule has 1 heterocycles. The van der Waals surface area contributed by atoms with Crippen LogP contribution in [0.15, 0.2) is 21.6 Å². The van der Waals surface area contributed by atoms with Crippen molar-refractivity contribution >= 4 is 43.5 Å². The van der Waals surface area contributed by atoms with Gasteiger partial charge in [0.15, 0.2) is 0 Å². The highest BCUT2D eigenvalue weighted by Gasteiger charge is 2.35. The second-order valence-corrected chi connectivity index (χ2v) is 7.09.